The number of nitriles is 1. The number of hydrogen-bond donors (Lipinski definition) is 2. The SMILES string of the molecule is N#CC1CC(F)(F)CN1C(=O)CNC(=O)c1ccnc2ccc(OCCCN3CCNCC3)cc12. The van der Waals surface area contributed by atoms with E-state index in [1.807, 2.05) is 0 Å². The van der Waals surface area contributed by atoms with Crippen LogP contribution in [-0.2, 0) is 4.79 Å². The molecule has 1 unspecified atom stereocenters. The number of piperazine rings is 1. The second kappa shape index (κ2) is 10.9. The number of benzene rings is 1. The number of rotatable bonds is 8. The molecule has 2 aromatic rings. The molecule has 3 heterocycles. The first-order valence-electron chi connectivity index (χ1n) is 11.7. The van der Waals surface area contributed by atoms with Gasteiger partial charge in [0.2, 0.25) is 5.91 Å². The molecule has 0 radical (unpaired) electrons. The fourth-order valence-electron chi connectivity index (χ4n) is 4.37. The van der Waals surface area contributed by atoms with Gasteiger partial charge in [-0.25, -0.2) is 8.78 Å². The summed E-state index contributed by atoms with van der Waals surface area (Å²) in [4.78, 5) is 32.7. The summed E-state index contributed by atoms with van der Waals surface area (Å²) in [5, 5.41) is 15.4. The number of aromatic nitrogens is 1. The first-order valence-corrected chi connectivity index (χ1v) is 11.7. The number of fused-ring (bicyclic) bond motifs is 1. The van der Waals surface area contributed by atoms with E-state index in [2.05, 4.69) is 20.5 Å². The Balaban J connectivity index is 1.36. The summed E-state index contributed by atoms with van der Waals surface area (Å²) in [6.07, 6.45) is 1.66. The molecule has 2 fully saturated rings. The molecule has 0 spiro atoms. The van der Waals surface area contributed by atoms with Crippen LogP contribution in [-0.4, -0.2) is 91.0 Å². The number of nitrogens with one attached hydrogen (secondary N) is 2. The number of ether oxygens (including phenoxy) is 1. The number of amides is 2. The Morgan fingerprint density at radius 1 is 1.29 bits per heavy atom. The summed E-state index contributed by atoms with van der Waals surface area (Å²) in [5.41, 5.74) is 0.874. The second-order valence-corrected chi connectivity index (χ2v) is 8.74. The molecule has 0 saturated carbocycles. The number of pyridine rings is 1. The van der Waals surface area contributed by atoms with E-state index in [9.17, 15) is 18.4 Å². The van der Waals surface area contributed by atoms with E-state index in [0.717, 1.165) is 44.0 Å². The number of halogens is 2. The summed E-state index contributed by atoms with van der Waals surface area (Å²) in [6.45, 7) is 4.23. The van der Waals surface area contributed by atoms with Gasteiger partial charge in [0, 0.05) is 50.7 Å². The maximum atomic E-state index is 13.6. The number of likely N-dealkylation sites (tertiary alicyclic amines) is 1. The average molecular weight is 487 g/mol. The molecule has 1 aromatic carbocycles. The molecule has 2 saturated heterocycles. The van der Waals surface area contributed by atoms with Crippen LogP contribution in [0, 0.1) is 11.3 Å². The summed E-state index contributed by atoms with van der Waals surface area (Å²) in [6, 6.07) is 7.33. The van der Waals surface area contributed by atoms with Crippen LogP contribution in [0.5, 0.6) is 5.75 Å². The highest BCUT2D eigenvalue weighted by molar-refractivity contribution is 6.07. The van der Waals surface area contributed by atoms with E-state index in [-0.39, 0.29) is 5.56 Å². The van der Waals surface area contributed by atoms with Crippen LogP contribution >= 0.6 is 0 Å². The first-order chi connectivity index (χ1) is 16.9. The van der Waals surface area contributed by atoms with Crippen LogP contribution in [0.3, 0.4) is 0 Å². The summed E-state index contributed by atoms with van der Waals surface area (Å²) in [7, 11) is 0. The van der Waals surface area contributed by atoms with Crippen LogP contribution in [0.15, 0.2) is 30.5 Å². The van der Waals surface area contributed by atoms with Crippen LogP contribution in [0.4, 0.5) is 8.78 Å². The summed E-state index contributed by atoms with van der Waals surface area (Å²) < 4.78 is 33.1. The third-order valence-corrected chi connectivity index (χ3v) is 6.19. The molecule has 1 aromatic heterocycles. The zero-order chi connectivity index (χ0) is 24.8. The standard InChI is InChI=1S/C24H28F2N6O3/c25-24(26)13-17(14-27)32(16-24)22(33)15-30-23(34)19-4-5-29-21-3-2-18(12-20(19)21)35-11-1-8-31-9-6-28-7-10-31/h2-5,12,17,28H,1,6-11,13,15-16H2,(H,30,34). The predicted octanol–water partition coefficient (Wildman–Crippen LogP) is 1.40. The highest BCUT2D eigenvalue weighted by Crippen LogP contribution is 2.31. The van der Waals surface area contributed by atoms with E-state index in [4.69, 9.17) is 10.00 Å². The molecule has 0 aliphatic carbocycles. The number of nitrogens with zero attached hydrogens (tertiary/aromatic N) is 4. The molecular formula is C24H28F2N6O3. The van der Waals surface area contributed by atoms with Crippen molar-refractivity contribution in [1.82, 2.24) is 25.4 Å². The van der Waals surface area contributed by atoms with Gasteiger partial charge in [-0.05, 0) is 30.7 Å². The van der Waals surface area contributed by atoms with Gasteiger partial charge in [0.1, 0.15) is 11.8 Å². The molecule has 186 valence electrons. The molecule has 35 heavy (non-hydrogen) atoms. The average Bonchev–Trinajstić information content (AvgIpc) is 3.19. The number of alkyl halides is 2. The van der Waals surface area contributed by atoms with Gasteiger partial charge in [-0.2, -0.15) is 5.26 Å². The van der Waals surface area contributed by atoms with Crippen molar-refractivity contribution >= 4 is 22.7 Å². The molecule has 9 nitrogen and oxygen atoms in total. The van der Waals surface area contributed by atoms with E-state index in [0.29, 0.717) is 23.3 Å². The maximum absolute atomic E-state index is 13.6. The number of carbonyl (C=O) groups is 2. The van der Waals surface area contributed by atoms with Crippen LogP contribution < -0.4 is 15.4 Å². The second-order valence-electron chi connectivity index (χ2n) is 8.74. The highest BCUT2D eigenvalue weighted by atomic mass is 19.3. The molecular weight excluding hydrogens is 458 g/mol. The normalized spacial score (nSPS) is 19.9. The van der Waals surface area contributed by atoms with E-state index in [1.165, 1.54) is 12.3 Å². The number of carbonyl (C=O) groups excluding carboxylic acids is 2. The predicted molar refractivity (Wildman–Crippen MR) is 124 cm³/mol. The molecule has 2 N–H and O–H groups in total. The Morgan fingerprint density at radius 3 is 2.86 bits per heavy atom. The topological polar surface area (TPSA) is 111 Å². The minimum Gasteiger partial charge on any atom is -0.494 e. The van der Waals surface area contributed by atoms with Crippen molar-refractivity contribution in [3.05, 3.63) is 36.0 Å². The molecule has 4 rings (SSSR count). The van der Waals surface area contributed by atoms with Crippen molar-refractivity contribution in [2.75, 3.05) is 52.4 Å². The Hall–Kier alpha value is -3.36. The number of hydrogen-bond acceptors (Lipinski definition) is 7. The van der Waals surface area contributed by atoms with E-state index >= 15 is 0 Å². The smallest absolute Gasteiger partial charge is 0.268 e. The lowest BCUT2D eigenvalue weighted by Gasteiger charge is -2.26. The lowest BCUT2D eigenvalue weighted by Crippen LogP contribution is -2.43. The fraction of sp³-hybridized carbons (Fsp3) is 0.500. The fourth-order valence-corrected chi connectivity index (χ4v) is 4.37. The lowest BCUT2D eigenvalue weighted by atomic mass is 10.1. The van der Waals surface area contributed by atoms with Crippen molar-refractivity contribution < 1.29 is 23.1 Å². The van der Waals surface area contributed by atoms with Gasteiger partial charge in [0.25, 0.3) is 11.8 Å². The summed E-state index contributed by atoms with van der Waals surface area (Å²) >= 11 is 0. The zero-order valence-corrected chi connectivity index (χ0v) is 19.3. The van der Waals surface area contributed by atoms with Crippen molar-refractivity contribution in [1.29, 1.82) is 5.26 Å². The van der Waals surface area contributed by atoms with Crippen LogP contribution in [0.2, 0.25) is 0 Å². The van der Waals surface area contributed by atoms with Gasteiger partial charge in [-0.1, -0.05) is 0 Å². The quantitative estimate of drug-likeness (QED) is 0.543. The highest BCUT2D eigenvalue weighted by Gasteiger charge is 2.47. The lowest BCUT2D eigenvalue weighted by molar-refractivity contribution is -0.131. The van der Waals surface area contributed by atoms with Crippen molar-refractivity contribution in [3.63, 3.8) is 0 Å². The molecule has 2 aliphatic rings. The Kier molecular flexibility index (Phi) is 7.73. The van der Waals surface area contributed by atoms with Crippen LogP contribution in [0.1, 0.15) is 23.2 Å². The third-order valence-electron chi connectivity index (χ3n) is 6.19. The van der Waals surface area contributed by atoms with Gasteiger partial charge >= 0.3 is 0 Å². The first kappa shape index (κ1) is 24.8. The van der Waals surface area contributed by atoms with Gasteiger partial charge in [0.15, 0.2) is 0 Å². The van der Waals surface area contributed by atoms with Crippen molar-refractivity contribution in [2.24, 2.45) is 0 Å². The van der Waals surface area contributed by atoms with Gasteiger partial charge in [0.05, 0.1) is 36.8 Å². The largest absolute Gasteiger partial charge is 0.494 e. The third kappa shape index (κ3) is 6.21. The minimum atomic E-state index is -3.11. The molecule has 2 aliphatic heterocycles. The Labute approximate surface area is 202 Å². The molecule has 2 amide bonds. The van der Waals surface area contributed by atoms with Crippen molar-refractivity contribution in [3.8, 4) is 11.8 Å². The minimum absolute atomic E-state index is 0.289. The van der Waals surface area contributed by atoms with Crippen LogP contribution in [0.25, 0.3) is 10.9 Å². The van der Waals surface area contributed by atoms with Crippen molar-refractivity contribution in [2.45, 2.75) is 24.8 Å². The molecule has 11 heteroatoms. The maximum Gasteiger partial charge on any atom is 0.268 e. The van der Waals surface area contributed by atoms with E-state index < -0.39 is 43.3 Å². The van der Waals surface area contributed by atoms with Gasteiger partial charge in [-0.15, -0.1) is 0 Å². The molecule has 0 bridgehead atoms. The zero-order valence-electron chi connectivity index (χ0n) is 19.3. The summed E-state index contributed by atoms with van der Waals surface area (Å²) in [5.74, 6) is -3.77. The Morgan fingerprint density at radius 2 is 2.09 bits per heavy atom. The monoisotopic (exact) mass is 486 g/mol. The van der Waals surface area contributed by atoms with Gasteiger partial charge < -0.3 is 25.2 Å². The van der Waals surface area contributed by atoms with Gasteiger partial charge in [-0.3, -0.25) is 14.6 Å². The molecule has 1 atom stereocenters. The Bertz CT molecular complexity index is 1120. The van der Waals surface area contributed by atoms with E-state index in [1.54, 1.807) is 24.3 Å².